The highest BCUT2D eigenvalue weighted by Crippen LogP contribution is 2.15. The molecule has 1 unspecified atom stereocenters. The lowest BCUT2D eigenvalue weighted by Crippen LogP contribution is -2.39. The lowest BCUT2D eigenvalue weighted by molar-refractivity contribution is -0.124. The van der Waals surface area contributed by atoms with Gasteiger partial charge in [0, 0.05) is 5.92 Å². The van der Waals surface area contributed by atoms with Crippen molar-refractivity contribution in [2.75, 3.05) is 6.54 Å². The molecule has 6 heteroatoms. The molecule has 1 N–H and O–H groups in total. The minimum Gasteiger partial charge on any atom is -0.332 e. The van der Waals surface area contributed by atoms with Gasteiger partial charge < -0.3 is 5.32 Å². The molecule has 5 nitrogen and oxygen atoms in total. The molecule has 0 aromatic rings. The fraction of sp³-hybridized carbons (Fsp3) is 0.500. The standard InChI is InChI=1S/C10H13IN4O/c1-6(2)10(16)13-8-5-15-9(12-8)4-3-7(11)14-15/h3-4,6,8H,5H2,1-2H3,(H,13,16). The second-order valence-electron chi connectivity index (χ2n) is 4.00. The molecule has 0 fully saturated rings. The number of hydrogen-bond donors (Lipinski definition) is 1. The van der Waals surface area contributed by atoms with Crippen LogP contribution in [0.5, 0.6) is 0 Å². The number of nitrogens with zero attached hydrogens (tertiary/aromatic N) is 3. The van der Waals surface area contributed by atoms with Crippen molar-refractivity contribution in [1.82, 2.24) is 10.3 Å². The molecule has 0 saturated heterocycles. The van der Waals surface area contributed by atoms with Gasteiger partial charge in [-0.2, -0.15) is 5.10 Å². The molecular weight excluding hydrogens is 319 g/mol. The summed E-state index contributed by atoms with van der Waals surface area (Å²) in [5, 5.41) is 9.00. The summed E-state index contributed by atoms with van der Waals surface area (Å²) in [4.78, 5) is 15.9. The molecule has 0 radical (unpaired) electrons. The zero-order chi connectivity index (χ0) is 11.7. The number of carbonyl (C=O) groups is 1. The van der Waals surface area contributed by atoms with Crippen LogP contribution >= 0.6 is 22.6 Å². The minimum absolute atomic E-state index is 0.0167. The van der Waals surface area contributed by atoms with Gasteiger partial charge in [-0.05, 0) is 34.7 Å². The van der Waals surface area contributed by atoms with E-state index in [0.717, 1.165) is 9.55 Å². The number of hydrazone groups is 1. The van der Waals surface area contributed by atoms with E-state index in [1.165, 1.54) is 0 Å². The van der Waals surface area contributed by atoms with E-state index in [-0.39, 0.29) is 18.0 Å². The van der Waals surface area contributed by atoms with E-state index in [2.05, 4.69) is 38.0 Å². The van der Waals surface area contributed by atoms with E-state index >= 15 is 0 Å². The Bertz CT molecular complexity index is 400. The Morgan fingerprint density at radius 2 is 2.38 bits per heavy atom. The molecule has 2 aliphatic heterocycles. The highest BCUT2D eigenvalue weighted by molar-refractivity contribution is 14.1. The predicted molar refractivity (Wildman–Crippen MR) is 71.5 cm³/mol. The van der Waals surface area contributed by atoms with Crippen LogP contribution in [0.15, 0.2) is 22.2 Å². The van der Waals surface area contributed by atoms with Gasteiger partial charge in [-0.15, -0.1) is 0 Å². The highest BCUT2D eigenvalue weighted by Gasteiger charge is 2.26. The molecule has 0 saturated carbocycles. The van der Waals surface area contributed by atoms with Gasteiger partial charge in [0.2, 0.25) is 5.91 Å². The number of amides is 1. The van der Waals surface area contributed by atoms with Crippen molar-refractivity contribution in [2.24, 2.45) is 16.0 Å². The maximum Gasteiger partial charge on any atom is 0.224 e. The fourth-order valence-corrected chi connectivity index (χ4v) is 1.89. The van der Waals surface area contributed by atoms with E-state index < -0.39 is 0 Å². The van der Waals surface area contributed by atoms with Crippen LogP contribution in [0.25, 0.3) is 0 Å². The van der Waals surface area contributed by atoms with Gasteiger partial charge in [-0.1, -0.05) is 13.8 Å². The fourth-order valence-electron chi connectivity index (χ4n) is 1.45. The van der Waals surface area contributed by atoms with E-state index in [0.29, 0.717) is 6.54 Å². The van der Waals surface area contributed by atoms with Crippen LogP contribution in [0.3, 0.4) is 0 Å². The van der Waals surface area contributed by atoms with Gasteiger partial charge in [0.15, 0.2) is 0 Å². The SMILES string of the molecule is CC(C)C(=O)NC1CN2N=C(I)C=CC2=N1. The van der Waals surface area contributed by atoms with Crippen molar-refractivity contribution in [3.05, 3.63) is 12.2 Å². The smallest absolute Gasteiger partial charge is 0.224 e. The summed E-state index contributed by atoms with van der Waals surface area (Å²) in [6.07, 6.45) is 3.64. The van der Waals surface area contributed by atoms with Crippen LogP contribution in [0.1, 0.15) is 13.8 Å². The third kappa shape index (κ3) is 2.42. The number of halogens is 1. The molecule has 0 aromatic carbocycles. The molecule has 2 aliphatic rings. The van der Waals surface area contributed by atoms with Crippen LogP contribution in [-0.4, -0.2) is 33.2 Å². The Labute approximate surface area is 108 Å². The molecule has 1 atom stereocenters. The molecule has 16 heavy (non-hydrogen) atoms. The average Bonchev–Trinajstić information content (AvgIpc) is 2.58. The number of hydrogen-bond acceptors (Lipinski definition) is 4. The molecular formula is C10H13IN4O. The van der Waals surface area contributed by atoms with Crippen molar-refractivity contribution in [3.8, 4) is 0 Å². The van der Waals surface area contributed by atoms with Gasteiger partial charge >= 0.3 is 0 Å². The number of fused-ring (bicyclic) bond motifs is 1. The Morgan fingerprint density at radius 1 is 1.62 bits per heavy atom. The van der Waals surface area contributed by atoms with E-state index in [4.69, 9.17) is 0 Å². The van der Waals surface area contributed by atoms with Crippen molar-refractivity contribution >= 4 is 38.1 Å². The number of nitrogens with one attached hydrogen (secondary N) is 1. The van der Waals surface area contributed by atoms with Gasteiger partial charge in [0.05, 0.1) is 6.54 Å². The van der Waals surface area contributed by atoms with Gasteiger partial charge in [0.1, 0.15) is 15.7 Å². The number of amidine groups is 1. The Balaban J connectivity index is 2.01. The van der Waals surface area contributed by atoms with E-state index in [9.17, 15) is 4.79 Å². The van der Waals surface area contributed by atoms with Gasteiger partial charge in [-0.3, -0.25) is 4.79 Å². The number of aliphatic imine (C=N–C) groups is 1. The highest BCUT2D eigenvalue weighted by atomic mass is 127. The Hall–Kier alpha value is -0.920. The monoisotopic (exact) mass is 332 g/mol. The summed E-state index contributed by atoms with van der Waals surface area (Å²) in [7, 11) is 0. The molecule has 2 heterocycles. The first-order valence-corrected chi connectivity index (χ1v) is 6.22. The first-order chi connectivity index (χ1) is 7.56. The first kappa shape index (κ1) is 11.6. The quantitative estimate of drug-likeness (QED) is 0.771. The lowest BCUT2D eigenvalue weighted by atomic mass is 10.2. The Kier molecular flexibility index (Phi) is 3.27. The summed E-state index contributed by atoms with van der Waals surface area (Å²) < 4.78 is 0.924. The normalized spacial score (nSPS) is 23.0. The first-order valence-electron chi connectivity index (χ1n) is 5.14. The van der Waals surface area contributed by atoms with E-state index in [1.54, 1.807) is 0 Å². The molecule has 86 valence electrons. The third-order valence-corrected chi connectivity index (χ3v) is 2.89. The van der Waals surface area contributed by atoms with Crippen molar-refractivity contribution in [1.29, 1.82) is 0 Å². The Morgan fingerprint density at radius 3 is 3.06 bits per heavy atom. The van der Waals surface area contributed by atoms with Crippen LogP contribution in [0, 0.1) is 5.92 Å². The predicted octanol–water partition coefficient (Wildman–Crippen LogP) is 1.12. The van der Waals surface area contributed by atoms with Crippen molar-refractivity contribution in [3.63, 3.8) is 0 Å². The van der Waals surface area contributed by atoms with E-state index in [1.807, 2.05) is 31.0 Å². The zero-order valence-electron chi connectivity index (χ0n) is 9.14. The number of carbonyl (C=O) groups excluding carboxylic acids is 1. The molecule has 0 aromatic heterocycles. The molecule has 1 amide bonds. The maximum atomic E-state index is 11.5. The maximum absolute atomic E-state index is 11.5. The summed E-state index contributed by atoms with van der Waals surface area (Å²) in [5.41, 5.74) is 0. The lowest BCUT2D eigenvalue weighted by Gasteiger charge is -2.16. The van der Waals surface area contributed by atoms with Crippen LogP contribution < -0.4 is 5.32 Å². The van der Waals surface area contributed by atoms with Gasteiger partial charge in [0.25, 0.3) is 0 Å². The molecule has 0 spiro atoms. The number of allylic oxidation sites excluding steroid dienone is 1. The summed E-state index contributed by atoms with van der Waals surface area (Å²) in [6, 6.07) is 0. The molecule has 0 bridgehead atoms. The van der Waals surface area contributed by atoms with Crippen LogP contribution in [-0.2, 0) is 4.79 Å². The largest absolute Gasteiger partial charge is 0.332 e. The molecule has 2 rings (SSSR count). The third-order valence-electron chi connectivity index (χ3n) is 2.32. The van der Waals surface area contributed by atoms with Crippen LogP contribution in [0.2, 0.25) is 0 Å². The minimum atomic E-state index is -0.180. The van der Waals surface area contributed by atoms with Gasteiger partial charge in [-0.25, -0.2) is 10.0 Å². The summed E-state index contributed by atoms with van der Waals surface area (Å²) in [5.74, 6) is 0.823. The average molecular weight is 332 g/mol. The van der Waals surface area contributed by atoms with Crippen molar-refractivity contribution < 1.29 is 4.79 Å². The zero-order valence-corrected chi connectivity index (χ0v) is 11.3. The summed E-state index contributed by atoms with van der Waals surface area (Å²) >= 11 is 2.16. The van der Waals surface area contributed by atoms with Crippen LogP contribution in [0.4, 0.5) is 0 Å². The topological polar surface area (TPSA) is 57.1 Å². The van der Waals surface area contributed by atoms with Crippen molar-refractivity contribution in [2.45, 2.75) is 20.0 Å². The molecule has 0 aliphatic carbocycles. The number of rotatable bonds is 2. The second-order valence-corrected chi connectivity index (χ2v) is 5.11. The second kappa shape index (κ2) is 4.52. The summed E-state index contributed by atoms with van der Waals surface area (Å²) in [6.45, 7) is 4.35.